The minimum atomic E-state index is -0.507. The van der Waals surface area contributed by atoms with Gasteiger partial charge in [0.1, 0.15) is 6.04 Å². The molecule has 0 aliphatic carbocycles. The fourth-order valence-electron chi connectivity index (χ4n) is 3.89. The van der Waals surface area contributed by atoms with E-state index >= 15 is 0 Å². The summed E-state index contributed by atoms with van der Waals surface area (Å²) in [7, 11) is 0. The number of hydrogen-bond acceptors (Lipinski definition) is 4. The van der Waals surface area contributed by atoms with Crippen molar-refractivity contribution < 1.29 is 14.4 Å². The Bertz CT molecular complexity index is 1030. The van der Waals surface area contributed by atoms with Gasteiger partial charge in [-0.1, -0.05) is 25.4 Å². The SMILES string of the molecule is Cc1cc(C)n([C@H](C)C(=O)Nc2ccc(NC(=O)[C@H]3CC(=O)N(CC(C)C)C3)cc2Cl)n1. The molecule has 1 aromatic heterocycles. The van der Waals surface area contributed by atoms with Crippen molar-refractivity contribution in [3.05, 3.63) is 40.7 Å². The molecule has 3 rings (SSSR count). The van der Waals surface area contributed by atoms with Gasteiger partial charge >= 0.3 is 0 Å². The third kappa shape index (κ3) is 5.48. The van der Waals surface area contributed by atoms with Crippen LogP contribution in [0.2, 0.25) is 5.02 Å². The summed E-state index contributed by atoms with van der Waals surface area (Å²) in [5.74, 6) is -0.487. The molecule has 2 atom stereocenters. The van der Waals surface area contributed by atoms with Crippen LogP contribution >= 0.6 is 11.6 Å². The number of carbonyl (C=O) groups excluding carboxylic acids is 3. The Kier molecular flexibility index (Phi) is 7.23. The van der Waals surface area contributed by atoms with E-state index in [2.05, 4.69) is 15.7 Å². The maximum atomic E-state index is 12.7. The van der Waals surface area contributed by atoms with E-state index in [-0.39, 0.29) is 30.1 Å². The average Bonchev–Trinajstić information content (AvgIpc) is 3.24. The van der Waals surface area contributed by atoms with Crippen molar-refractivity contribution in [3.63, 3.8) is 0 Å². The first kappa shape index (κ1) is 23.8. The van der Waals surface area contributed by atoms with Crippen molar-refractivity contribution in [2.24, 2.45) is 11.8 Å². The summed E-state index contributed by atoms with van der Waals surface area (Å²) in [6.45, 7) is 10.7. The molecule has 1 aromatic carbocycles. The highest BCUT2D eigenvalue weighted by molar-refractivity contribution is 6.34. The molecule has 3 amide bonds. The molecule has 0 bridgehead atoms. The second kappa shape index (κ2) is 9.73. The van der Waals surface area contributed by atoms with Crippen LogP contribution in [-0.4, -0.2) is 45.5 Å². The van der Waals surface area contributed by atoms with Gasteiger partial charge < -0.3 is 15.5 Å². The van der Waals surface area contributed by atoms with E-state index in [0.29, 0.717) is 35.4 Å². The monoisotopic (exact) mass is 459 g/mol. The molecule has 8 nitrogen and oxygen atoms in total. The van der Waals surface area contributed by atoms with Gasteiger partial charge in [-0.25, -0.2) is 0 Å². The highest BCUT2D eigenvalue weighted by Gasteiger charge is 2.34. The molecule has 2 aromatic rings. The minimum Gasteiger partial charge on any atom is -0.342 e. The third-order valence-corrected chi connectivity index (χ3v) is 5.77. The number of rotatable bonds is 7. The summed E-state index contributed by atoms with van der Waals surface area (Å²) in [6, 6.07) is 6.32. The maximum Gasteiger partial charge on any atom is 0.248 e. The topological polar surface area (TPSA) is 96.3 Å². The quantitative estimate of drug-likeness (QED) is 0.658. The Morgan fingerprint density at radius 2 is 1.91 bits per heavy atom. The van der Waals surface area contributed by atoms with Crippen LogP contribution in [0.1, 0.15) is 44.6 Å². The first-order chi connectivity index (χ1) is 15.0. The predicted molar refractivity (Wildman–Crippen MR) is 125 cm³/mol. The van der Waals surface area contributed by atoms with Crippen LogP contribution in [0.4, 0.5) is 11.4 Å². The van der Waals surface area contributed by atoms with Gasteiger partial charge in [0, 0.05) is 30.9 Å². The number of aryl methyl sites for hydroxylation is 2. The summed E-state index contributed by atoms with van der Waals surface area (Å²) in [6.07, 6.45) is 0.213. The highest BCUT2D eigenvalue weighted by Crippen LogP contribution is 2.28. The van der Waals surface area contributed by atoms with Crippen LogP contribution in [0.3, 0.4) is 0 Å². The number of halogens is 1. The van der Waals surface area contributed by atoms with Crippen molar-refractivity contribution in [1.29, 1.82) is 0 Å². The molecule has 0 unspecified atom stereocenters. The molecule has 1 aliphatic rings. The number of likely N-dealkylation sites (tertiary alicyclic amines) is 1. The second-order valence-electron chi connectivity index (χ2n) is 8.81. The largest absolute Gasteiger partial charge is 0.342 e. The number of carbonyl (C=O) groups is 3. The summed E-state index contributed by atoms with van der Waals surface area (Å²) in [4.78, 5) is 39.2. The zero-order valence-corrected chi connectivity index (χ0v) is 19.9. The van der Waals surface area contributed by atoms with Gasteiger partial charge in [0.15, 0.2) is 0 Å². The highest BCUT2D eigenvalue weighted by atomic mass is 35.5. The Balaban J connectivity index is 1.61. The lowest BCUT2D eigenvalue weighted by Crippen LogP contribution is -2.31. The van der Waals surface area contributed by atoms with E-state index in [4.69, 9.17) is 11.6 Å². The van der Waals surface area contributed by atoms with Gasteiger partial charge in [-0.2, -0.15) is 5.10 Å². The number of amides is 3. The van der Waals surface area contributed by atoms with Crippen LogP contribution < -0.4 is 10.6 Å². The summed E-state index contributed by atoms with van der Waals surface area (Å²) in [5, 5.41) is 10.3. The summed E-state index contributed by atoms with van der Waals surface area (Å²) in [5.41, 5.74) is 2.70. The fourth-order valence-corrected chi connectivity index (χ4v) is 4.12. The van der Waals surface area contributed by atoms with E-state index < -0.39 is 6.04 Å². The molecule has 0 spiro atoms. The van der Waals surface area contributed by atoms with Gasteiger partial charge in [-0.05, 0) is 51.0 Å². The van der Waals surface area contributed by atoms with Crippen LogP contribution in [-0.2, 0) is 14.4 Å². The van der Waals surface area contributed by atoms with E-state index in [0.717, 1.165) is 11.4 Å². The Hall–Kier alpha value is -2.87. The van der Waals surface area contributed by atoms with E-state index in [1.165, 1.54) is 0 Å². The normalized spacial score (nSPS) is 17.0. The van der Waals surface area contributed by atoms with Crippen molar-refractivity contribution in [2.75, 3.05) is 23.7 Å². The van der Waals surface area contributed by atoms with Crippen molar-refractivity contribution in [1.82, 2.24) is 14.7 Å². The first-order valence-electron chi connectivity index (χ1n) is 10.8. The van der Waals surface area contributed by atoms with Crippen LogP contribution in [0, 0.1) is 25.7 Å². The lowest BCUT2D eigenvalue weighted by molar-refractivity contribution is -0.128. The van der Waals surface area contributed by atoms with Crippen LogP contribution in [0.25, 0.3) is 0 Å². The lowest BCUT2D eigenvalue weighted by atomic mass is 10.1. The maximum absolute atomic E-state index is 12.7. The molecular weight excluding hydrogens is 430 g/mol. The zero-order chi connectivity index (χ0) is 23.6. The lowest BCUT2D eigenvalue weighted by Gasteiger charge is -2.19. The summed E-state index contributed by atoms with van der Waals surface area (Å²) < 4.78 is 1.67. The number of anilines is 2. The van der Waals surface area contributed by atoms with Gasteiger partial charge in [0.2, 0.25) is 17.7 Å². The third-order valence-electron chi connectivity index (χ3n) is 5.46. The van der Waals surface area contributed by atoms with Crippen LogP contribution in [0.15, 0.2) is 24.3 Å². The Labute approximate surface area is 193 Å². The van der Waals surface area contributed by atoms with E-state index in [1.807, 2.05) is 33.8 Å². The Morgan fingerprint density at radius 3 is 2.50 bits per heavy atom. The number of nitrogens with one attached hydrogen (secondary N) is 2. The predicted octanol–water partition coefficient (Wildman–Crippen LogP) is 3.80. The Morgan fingerprint density at radius 1 is 1.19 bits per heavy atom. The zero-order valence-electron chi connectivity index (χ0n) is 19.1. The number of nitrogens with zero attached hydrogens (tertiary/aromatic N) is 3. The van der Waals surface area contributed by atoms with Gasteiger partial charge in [0.05, 0.1) is 22.3 Å². The summed E-state index contributed by atoms with van der Waals surface area (Å²) >= 11 is 6.36. The van der Waals surface area contributed by atoms with Crippen molar-refractivity contribution >= 4 is 40.7 Å². The molecule has 172 valence electrons. The molecule has 0 saturated carbocycles. The van der Waals surface area contributed by atoms with Crippen molar-refractivity contribution in [3.8, 4) is 0 Å². The number of hydrogen-bond donors (Lipinski definition) is 2. The second-order valence-corrected chi connectivity index (χ2v) is 9.22. The first-order valence-corrected chi connectivity index (χ1v) is 11.1. The molecule has 2 heterocycles. The van der Waals surface area contributed by atoms with Gasteiger partial charge in [-0.3, -0.25) is 19.1 Å². The van der Waals surface area contributed by atoms with Crippen molar-refractivity contribution in [2.45, 2.75) is 47.1 Å². The van der Waals surface area contributed by atoms with Crippen LogP contribution in [0.5, 0.6) is 0 Å². The molecular formula is C23H30ClN5O3. The molecule has 9 heteroatoms. The fraction of sp³-hybridized carbons (Fsp3) is 0.478. The molecule has 1 saturated heterocycles. The minimum absolute atomic E-state index is 0.00618. The smallest absolute Gasteiger partial charge is 0.248 e. The molecule has 32 heavy (non-hydrogen) atoms. The standard InChI is InChI=1S/C23H30ClN5O3/c1-13(2)11-28-12-17(9-21(28)30)23(32)25-18-6-7-20(19(24)10-18)26-22(31)16(5)29-15(4)8-14(3)27-29/h6-8,10,13,16-17H,9,11-12H2,1-5H3,(H,25,32)(H,26,31)/t16-,17+/m1/s1. The van der Waals surface area contributed by atoms with Gasteiger partial charge in [0.25, 0.3) is 0 Å². The number of aromatic nitrogens is 2. The van der Waals surface area contributed by atoms with E-state index in [1.54, 1.807) is 34.7 Å². The molecule has 2 N–H and O–H groups in total. The number of benzene rings is 1. The van der Waals surface area contributed by atoms with E-state index in [9.17, 15) is 14.4 Å². The molecule has 1 fully saturated rings. The average molecular weight is 460 g/mol. The molecule has 0 radical (unpaired) electrons. The van der Waals surface area contributed by atoms with Gasteiger partial charge in [-0.15, -0.1) is 0 Å². The molecule has 1 aliphatic heterocycles.